The first-order valence-electron chi connectivity index (χ1n) is 5.98. The highest BCUT2D eigenvalue weighted by Crippen LogP contribution is 2.10. The van der Waals surface area contributed by atoms with Gasteiger partial charge in [0.2, 0.25) is 0 Å². The van der Waals surface area contributed by atoms with Crippen LogP contribution in [0.25, 0.3) is 0 Å². The van der Waals surface area contributed by atoms with Gasteiger partial charge in [-0.05, 0) is 33.1 Å². The third-order valence-electron chi connectivity index (χ3n) is 2.55. The van der Waals surface area contributed by atoms with Crippen molar-refractivity contribution in [3.63, 3.8) is 0 Å². The molecule has 0 saturated heterocycles. The molecule has 0 heterocycles. The second-order valence-electron chi connectivity index (χ2n) is 3.73. The molecule has 0 aromatic heterocycles. The van der Waals surface area contributed by atoms with Crippen molar-refractivity contribution in [2.24, 2.45) is 0 Å². The Kier molecular flexibility index (Phi) is 6.64. The van der Waals surface area contributed by atoms with Crippen molar-refractivity contribution in [3.8, 4) is 0 Å². The number of ether oxygens (including phenoxy) is 2. The summed E-state index contributed by atoms with van der Waals surface area (Å²) < 4.78 is 10.9. The molecule has 0 amide bonds. The summed E-state index contributed by atoms with van der Waals surface area (Å²) in [6.45, 7) is 6.19. The predicted molar refractivity (Wildman–Crippen MR) is 61.8 cm³/mol. The van der Waals surface area contributed by atoms with Gasteiger partial charge >= 0.3 is 0 Å². The van der Waals surface area contributed by atoms with E-state index < -0.39 is 0 Å². The fourth-order valence-electron chi connectivity index (χ4n) is 1.78. The summed E-state index contributed by atoms with van der Waals surface area (Å²) in [5.74, 6) is 0. The molecule has 1 rings (SSSR count). The van der Waals surface area contributed by atoms with Crippen molar-refractivity contribution in [2.45, 2.75) is 45.4 Å². The molecule has 1 unspecified atom stereocenters. The van der Waals surface area contributed by atoms with Crippen LogP contribution in [0.4, 0.5) is 0 Å². The maximum Gasteiger partial charge on any atom is 0.169 e. The second kappa shape index (κ2) is 7.85. The Morgan fingerprint density at radius 1 is 1.27 bits per heavy atom. The van der Waals surface area contributed by atoms with Gasteiger partial charge in [0.15, 0.2) is 6.29 Å². The predicted octanol–water partition coefficient (Wildman–Crippen LogP) is 2.08. The van der Waals surface area contributed by atoms with Crippen LogP contribution in [0.2, 0.25) is 0 Å². The van der Waals surface area contributed by atoms with E-state index in [4.69, 9.17) is 9.47 Å². The molecule has 0 fully saturated rings. The molecular weight excluding hydrogens is 190 g/mol. The standard InChI is InChI=1S/C12H23NO2/c1-3-14-12(15-4-2)10-13-11-8-6-5-7-9-11/h5-6,11-13H,3-4,7-10H2,1-2H3. The Bertz CT molecular complexity index is 176. The third kappa shape index (κ3) is 5.30. The van der Waals surface area contributed by atoms with Crippen molar-refractivity contribution in [3.05, 3.63) is 12.2 Å². The van der Waals surface area contributed by atoms with Gasteiger partial charge in [0, 0.05) is 25.8 Å². The third-order valence-corrected chi connectivity index (χ3v) is 2.55. The van der Waals surface area contributed by atoms with E-state index in [0.29, 0.717) is 19.3 Å². The molecule has 3 heteroatoms. The first kappa shape index (κ1) is 12.7. The van der Waals surface area contributed by atoms with E-state index in [1.807, 2.05) is 13.8 Å². The zero-order chi connectivity index (χ0) is 10.9. The van der Waals surface area contributed by atoms with Crippen molar-refractivity contribution in [1.82, 2.24) is 5.32 Å². The fraction of sp³-hybridized carbons (Fsp3) is 0.833. The van der Waals surface area contributed by atoms with Gasteiger partial charge in [-0.25, -0.2) is 0 Å². The van der Waals surface area contributed by atoms with E-state index in [1.165, 1.54) is 12.8 Å². The minimum Gasteiger partial charge on any atom is -0.352 e. The molecule has 0 radical (unpaired) electrons. The van der Waals surface area contributed by atoms with Crippen molar-refractivity contribution in [2.75, 3.05) is 19.8 Å². The number of allylic oxidation sites excluding steroid dienone is 1. The molecule has 3 nitrogen and oxygen atoms in total. The Hall–Kier alpha value is -0.380. The molecule has 88 valence electrons. The lowest BCUT2D eigenvalue weighted by Crippen LogP contribution is -2.38. The Morgan fingerprint density at radius 3 is 2.53 bits per heavy atom. The van der Waals surface area contributed by atoms with Crippen LogP contribution in [-0.4, -0.2) is 32.1 Å². The van der Waals surface area contributed by atoms with Crippen LogP contribution < -0.4 is 5.32 Å². The number of hydrogen-bond donors (Lipinski definition) is 1. The summed E-state index contributed by atoms with van der Waals surface area (Å²) in [5.41, 5.74) is 0. The van der Waals surface area contributed by atoms with Crippen LogP contribution in [0.3, 0.4) is 0 Å². The van der Waals surface area contributed by atoms with Crippen molar-refractivity contribution < 1.29 is 9.47 Å². The fourth-order valence-corrected chi connectivity index (χ4v) is 1.78. The first-order chi connectivity index (χ1) is 7.36. The molecule has 15 heavy (non-hydrogen) atoms. The molecule has 0 spiro atoms. The summed E-state index contributed by atoms with van der Waals surface area (Å²) in [7, 11) is 0. The van der Waals surface area contributed by atoms with Crippen LogP contribution in [-0.2, 0) is 9.47 Å². The van der Waals surface area contributed by atoms with Crippen LogP contribution >= 0.6 is 0 Å². The van der Waals surface area contributed by atoms with Gasteiger partial charge in [0.1, 0.15) is 0 Å². The molecule has 1 aliphatic rings. The number of nitrogens with one attached hydrogen (secondary N) is 1. The monoisotopic (exact) mass is 213 g/mol. The van der Waals surface area contributed by atoms with Gasteiger partial charge in [0.25, 0.3) is 0 Å². The topological polar surface area (TPSA) is 30.5 Å². The lowest BCUT2D eigenvalue weighted by Gasteiger charge is -2.23. The highest BCUT2D eigenvalue weighted by atomic mass is 16.7. The SMILES string of the molecule is CCOC(CNC1CC=CCC1)OCC. The molecule has 1 aliphatic carbocycles. The molecule has 0 bridgehead atoms. The lowest BCUT2D eigenvalue weighted by molar-refractivity contribution is -0.133. The number of hydrogen-bond acceptors (Lipinski definition) is 3. The summed E-state index contributed by atoms with van der Waals surface area (Å²) in [5, 5.41) is 3.49. The maximum absolute atomic E-state index is 5.47. The van der Waals surface area contributed by atoms with Gasteiger partial charge < -0.3 is 14.8 Å². The zero-order valence-electron chi connectivity index (χ0n) is 9.87. The van der Waals surface area contributed by atoms with E-state index in [0.717, 1.165) is 13.0 Å². The minimum absolute atomic E-state index is 0.0918. The van der Waals surface area contributed by atoms with E-state index in [-0.39, 0.29) is 6.29 Å². The molecule has 0 aromatic carbocycles. The summed E-state index contributed by atoms with van der Waals surface area (Å²) >= 11 is 0. The average molecular weight is 213 g/mol. The summed E-state index contributed by atoms with van der Waals surface area (Å²) in [4.78, 5) is 0. The quantitative estimate of drug-likeness (QED) is 0.519. The normalized spacial score (nSPS) is 21.1. The number of rotatable bonds is 7. The molecule has 1 atom stereocenters. The van der Waals surface area contributed by atoms with Crippen LogP contribution in [0.15, 0.2) is 12.2 Å². The molecule has 1 N–H and O–H groups in total. The van der Waals surface area contributed by atoms with Crippen LogP contribution in [0, 0.1) is 0 Å². The molecule has 0 aliphatic heterocycles. The van der Waals surface area contributed by atoms with Crippen molar-refractivity contribution in [1.29, 1.82) is 0 Å². The average Bonchev–Trinajstić information content (AvgIpc) is 2.28. The summed E-state index contributed by atoms with van der Waals surface area (Å²) in [6.07, 6.45) is 7.95. The van der Waals surface area contributed by atoms with E-state index in [1.54, 1.807) is 0 Å². The van der Waals surface area contributed by atoms with Gasteiger partial charge in [-0.2, -0.15) is 0 Å². The molecular formula is C12H23NO2. The van der Waals surface area contributed by atoms with E-state index >= 15 is 0 Å². The second-order valence-corrected chi connectivity index (χ2v) is 3.73. The highest BCUT2D eigenvalue weighted by Gasteiger charge is 2.13. The van der Waals surface area contributed by atoms with Crippen LogP contribution in [0.1, 0.15) is 33.1 Å². The molecule has 0 saturated carbocycles. The minimum atomic E-state index is -0.0918. The molecule has 0 aromatic rings. The van der Waals surface area contributed by atoms with E-state index in [2.05, 4.69) is 17.5 Å². The lowest BCUT2D eigenvalue weighted by atomic mass is 10.0. The highest BCUT2D eigenvalue weighted by molar-refractivity contribution is 4.92. The zero-order valence-corrected chi connectivity index (χ0v) is 9.87. The first-order valence-corrected chi connectivity index (χ1v) is 5.98. The van der Waals surface area contributed by atoms with Crippen molar-refractivity contribution >= 4 is 0 Å². The Morgan fingerprint density at radius 2 is 2.00 bits per heavy atom. The van der Waals surface area contributed by atoms with Gasteiger partial charge in [-0.3, -0.25) is 0 Å². The maximum atomic E-state index is 5.47. The van der Waals surface area contributed by atoms with Crippen LogP contribution in [0.5, 0.6) is 0 Å². The Balaban J connectivity index is 2.16. The Labute approximate surface area is 92.8 Å². The van der Waals surface area contributed by atoms with Gasteiger partial charge in [-0.1, -0.05) is 12.2 Å². The summed E-state index contributed by atoms with van der Waals surface area (Å²) in [6, 6.07) is 0.596. The van der Waals surface area contributed by atoms with Gasteiger partial charge in [0.05, 0.1) is 0 Å². The smallest absolute Gasteiger partial charge is 0.169 e. The van der Waals surface area contributed by atoms with Gasteiger partial charge in [-0.15, -0.1) is 0 Å². The largest absolute Gasteiger partial charge is 0.352 e. The van der Waals surface area contributed by atoms with E-state index in [9.17, 15) is 0 Å².